The minimum atomic E-state index is -0.0330. The molecule has 1 aliphatic heterocycles. The van der Waals surface area contributed by atoms with Gasteiger partial charge in [-0.1, -0.05) is 24.3 Å². The summed E-state index contributed by atoms with van der Waals surface area (Å²) in [5, 5.41) is 20.2. The van der Waals surface area contributed by atoms with E-state index in [0.29, 0.717) is 6.04 Å². The van der Waals surface area contributed by atoms with Crippen molar-refractivity contribution in [2.45, 2.75) is 18.9 Å². The standard InChI is InChI=1S/C18H19NO2/c1-19(2)9-8-11-4-3-5-13-16(11)14(19)10-12-6-7-15(20)18(21)17(12)13/h3-7,14H,8-10H2,1-2H3,(H-,20,21)/p+1/t14-/m1/s1. The van der Waals surface area contributed by atoms with Gasteiger partial charge in [0.2, 0.25) is 0 Å². The van der Waals surface area contributed by atoms with Crippen LogP contribution in [0.2, 0.25) is 0 Å². The molecule has 108 valence electrons. The monoisotopic (exact) mass is 282 g/mol. The number of hydrogen-bond acceptors (Lipinski definition) is 2. The second-order valence-electron chi connectivity index (χ2n) is 6.82. The number of rotatable bonds is 0. The predicted molar refractivity (Wildman–Crippen MR) is 82.3 cm³/mol. The van der Waals surface area contributed by atoms with Gasteiger partial charge in [-0.15, -0.1) is 0 Å². The van der Waals surface area contributed by atoms with Crippen molar-refractivity contribution in [2.75, 3.05) is 20.6 Å². The molecule has 21 heavy (non-hydrogen) atoms. The second-order valence-corrected chi connectivity index (χ2v) is 6.82. The van der Waals surface area contributed by atoms with Gasteiger partial charge < -0.3 is 14.7 Å². The zero-order valence-corrected chi connectivity index (χ0v) is 12.4. The van der Waals surface area contributed by atoms with E-state index in [1.807, 2.05) is 6.07 Å². The maximum atomic E-state index is 10.3. The second kappa shape index (κ2) is 4.01. The van der Waals surface area contributed by atoms with E-state index in [1.54, 1.807) is 6.07 Å². The minimum absolute atomic E-state index is 0.0234. The summed E-state index contributed by atoms with van der Waals surface area (Å²) < 4.78 is 0.977. The molecule has 1 heterocycles. The first-order valence-electron chi connectivity index (χ1n) is 7.47. The van der Waals surface area contributed by atoms with Crippen molar-refractivity contribution in [3.05, 3.63) is 47.0 Å². The van der Waals surface area contributed by atoms with Crippen LogP contribution < -0.4 is 0 Å². The number of quaternary nitrogens is 1. The van der Waals surface area contributed by atoms with Crippen LogP contribution in [0.25, 0.3) is 11.1 Å². The average Bonchev–Trinajstić information content (AvgIpc) is 2.46. The summed E-state index contributed by atoms with van der Waals surface area (Å²) in [7, 11) is 4.57. The highest BCUT2D eigenvalue weighted by Crippen LogP contribution is 2.51. The number of likely N-dealkylation sites (N-methyl/N-ethyl adjacent to an activating group) is 1. The van der Waals surface area contributed by atoms with Crippen molar-refractivity contribution in [1.82, 2.24) is 0 Å². The number of nitrogens with zero attached hydrogens (tertiary/aromatic N) is 1. The zero-order valence-electron chi connectivity index (χ0n) is 12.4. The Morgan fingerprint density at radius 3 is 2.67 bits per heavy atom. The number of fused-ring (bicyclic) bond motifs is 2. The number of benzene rings is 2. The summed E-state index contributed by atoms with van der Waals surface area (Å²) in [4.78, 5) is 0. The van der Waals surface area contributed by atoms with Gasteiger partial charge in [0, 0.05) is 24.0 Å². The van der Waals surface area contributed by atoms with E-state index in [9.17, 15) is 10.2 Å². The van der Waals surface area contributed by atoms with Gasteiger partial charge in [-0.25, -0.2) is 0 Å². The molecule has 0 unspecified atom stereocenters. The Hall–Kier alpha value is -2.00. The highest BCUT2D eigenvalue weighted by molar-refractivity contribution is 5.82. The lowest BCUT2D eigenvalue weighted by Crippen LogP contribution is -2.49. The lowest BCUT2D eigenvalue weighted by atomic mass is 9.76. The van der Waals surface area contributed by atoms with Crippen LogP contribution in [-0.2, 0) is 12.8 Å². The van der Waals surface area contributed by atoms with Gasteiger partial charge in [0.1, 0.15) is 6.04 Å². The van der Waals surface area contributed by atoms with E-state index < -0.39 is 0 Å². The molecule has 2 aromatic rings. The largest absolute Gasteiger partial charge is 0.504 e. The van der Waals surface area contributed by atoms with Gasteiger partial charge >= 0.3 is 0 Å². The Labute approximate surface area is 124 Å². The van der Waals surface area contributed by atoms with Gasteiger partial charge in [-0.05, 0) is 22.8 Å². The summed E-state index contributed by atoms with van der Waals surface area (Å²) in [6, 6.07) is 10.3. The third kappa shape index (κ3) is 1.64. The molecule has 2 aromatic carbocycles. The SMILES string of the molecule is C[N+]1(C)CCc2cccc3c2[C@H]1Cc1ccc(O)c(O)c1-3. The molecule has 1 atom stereocenters. The molecule has 3 nitrogen and oxygen atoms in total. The third-order valence-electron chi connectivity index (χ3n) is 5.26. The van der Waals surface area contributed by atoms with Crippen LogP contribution in [0.1, 0.15) is 22.7 Å². The van der Waals surface area contributed by atoms with Crippen molar-refractivity contribution in [1.29, 1.82) is 0 Å². The van der Waals surface area contributed by atoms with Crippen molar-refractivity contribution in [2.24, 2.45) is 0 Å². The molecular formula is C18H20NO2+. The smallest absolute Gasteiger partial charge is 0.165 e. The summed E-state index contributed by atoms with van der Waals surface area (Å²) in [6.45, 7) is 1.14. The molecule has 2 aliphatic rings. The van der Waals surface area contributed by atoms with Crippen LogP contribution in [0.4, 0.5) is 0 Å². The van der Waals surface area contributed by atoms with Crippen LogP contribution in [0.15, 0.2) is 30.3 Å². The van der Waals surface area contributed by atoms with Gasteiger partial charge in [0.25, 0.3) is 0 Å². The van der Waals surface area contributed by atoms with Gasteiger partial charge in [-0.3, -0.25) is 0 Å². The average molecular weight is 282 g/mol. The fraction of sp³-hybridized carbons (Fsp3) is 0.333. The molecule has 0 saturated heterocycles. The van der Waals surface area contributed by atoms with E-state index in [2.05, 4.69) is 32.3 Å². The van der Waals surface area contributed by atoms with E-state index in [0.717, 1.165) is 40.6 Å². The number of phenols is 2. The van der Waals surface area contributed by atoms with Gasteiger partial charge in [-0.2, -0.15) is 0 Å². The zero-order chi connectivity index (χ0) is 14.8. The number of hydrogen-bond donors (Lipinski definition) is 2. The van der Waals surface area contributed by atoms with Crippen molar-refractivity contribution in [3.8, 4) is 22.6 Å². The predicted octanol–water partition coefficient (Wildman–Crippen LogP) is 2.99. The van der Waals surface area contributed by atoms with Gasteiger partial charge in [0.05, 0.1) is 20.6 Å². The van der Waals surface area contributed by atoms with E-state index in [-0.39, 0.29) is 11.5 Å². The molecule has 4 rings (SSSR count). The summed E-state index contributed by atoms with van der Waals surface area (Å²) in [6.07, 6.45) is 1.99. The van der Waals surface area contributed by atoms with E-state index in [4.69, 9.17) is 0 Å². The normalized spacial score (nSPS) is 21.5. The van der Waals surface area contributed by atoms with Crippen molar-refractivity contribution >= 4 is 0 Å². The molecular weight excluding hydrogens is 262 g/mol. The maximum Gasteiger partial charge on any atom is 0.165 e. The molecule has 0 saturated carbocycles. The molecule has 0 bridgehead atoms. The molecule has 0 radical (unpaired) electrons. The summed E-state index contributed by atoms with van der Waals surface area (Å²) in [5.74, 6) is -0.00964. The molecule has 0 spiro atoms. The highest BCUT2D eigenvalue weighted by Gasteiger charge is 2.41. The minimum Gasteiger partial charge on any atom is -0.504 e. The Bertz CT molecular complexity index is 749. The van der Waals surface area contributed by atoms with Crippen LogP contribution in [0.3, 0.4) is 0 Å². The lowest BCUT2D eigenvalue weighted by molar-refractivity contribution is -0.923. The van der Waals surface area contributed by atoms with Crippen LogP contribution in [-0.4, -0.2) is 35.3 Å². The summed E-state index contributed by atoms with van der Waals surface area (Å²) in [5.41, 5.74) is 5.81. The number of aromatic hydroxyl groups is 2. The Morgan fingerprint density at radius 1 is 1.05 bits per heavy atom. The molecule has 2 N–H and O–H groups in total. The Morgan fingerprint density at radius 2 is 1.86 bits per heavy atom. The van der Waals surface area contributed by atoms with Crippen molar-refractivity contribution in [3.63, 3.8) is 0 Å². The number of phenolic OH excluding ortho intramolecular Hbond substituents is 2. The highest BCUT2D eigenvalue weighted by atomic mass is 16.3. The molecule has 0 aromatic heterocycles. The first-order chi connectivity index (χ1) is 9.99. The Balaban J connectivity index is 2.06. The third-order valence-corrected chi connectivity index (χ3v) is 5.26. The topological polar surface area (TPSA) is 40.5 Å². The molecule has 0 fully saturated rings. The van der Waals surface area contributed by atoms with Crippen LogP contribution in [0.5, 0.6) is 11.5 Å². The lowest BCUT2D eigenvalue weighted by Gasteiger charge is -2.45. The fourth-order valence-electron chi connectivity index (χ4n) is 4.01. The van der Waals surface area contributed by atoms with E-state index >= 15 is 0 Å². The van der Waals surface area contributed by atoms with Gasteiger partial charge in [0.15, 0.2) is 11.5 Å². The molecule has 3 heteroatoms. The fourth-order valence-corrected chi connectivity index (χ4v) is 4.01. The quantitative estimate of drug-likeness (QED) is 0.576. The molecule has 1 aliphatic carbocycles. The first kappa shape index (κ1) is 12.7. The summed E-state index contributed by atoms with van der Waals surface area (Å²) >= 11 is 0. The first-order valence-corrected chi connectivity index (χ1v) is 7.47. The van der Waals surface area contributed by atoms with E-state index in [1.165, 1.54) is 11.1 Å². The van der Waals surface area contributed by atoms with Crippen LogP contribution in [0, 0.1) is 0 Å². The van der Waals surface area contributed by atoms with Crippen LogP contribution >= 0.6 is 0 Å². The Kier molecular flexibility index (Phi) is 2.43. The molecule has 0 amide bonds. The maximum absolute atomic E-state index is 10.3. The van der Waals surface area contributed by atoms with Crippen molar-refractivity contribution < 1.29 is 14.7 Å².